The predicted octanol–water partition coefficient (Wildman–Crippen LogP) is 1.51. The van der Waals surface area contributed by atoms with Crippen molar-refractivity contribution in [3.63, 3.8) is 0 Å². The van der Waals surface area contributed by atoms with Crippen molar-refractivity contribution in [2.75, 3.05) is 13.2 Å². The maximum Gasteiger partial charge on any atom is 0.254 e. The van der Waals surface area contributed by atoms with Crippen LogP contribution in [0.5, 0.6) is 0 Å². The molecule has 0 atom stereocenters. The molecule has 5 nitrogen and oxygen atoms in total. The predicted molar refractivity (Wildman–Crippen MR) is 74.6 cm³/mol. The molecule has 1 aliphatic carbocycles. The molecule has 0 spiro atoms. The van der Waals surface area contributed by atoms with Crippen LogP contribution >= 0.6 is 0 Å². The number of hydrogen-bond donors (Lipinski definition) is 2. The number of amides is 1. The van der Waals surface area contributed by atoms with Crippen LogP contribution in [0, 0.1) is 11.2 Å². The SMILES string of the molecule is O=C(NCC1(CO)CC1)c1cnn(-c2ccccc2F)c1. The summed E-state index contributed by atoms with van der Waals surface area (Å²) in [6.07, 6.45) is 4.75. The van der Waals surface area contributed by atoms with E-state index >= 15 is 0 Å². The Morgan fingerprint density at radius 1 is 1.43 bits per heavy atom. The molecule has 3 rings (SSSR count). The van der Waals surface area contributed by atoms with Crippen LogP contribution in [0.25, 0.3) is 5.69 Å². The zero-order valence-corrected chi connectivity index (χ0v) is 11.4. The highest BCUT2D eigenvalue weighted by Gasteiger charge is 2.42. The minimum Gasteiger partial charge on any atom is -0.396 e. The van der Waals surface area contributed by atoms with Crippen molar-refractivity contribution in [1.29, 1.82) is 0 Å². The van der Waals surface area contributed by atoms with Gasteiger partial charge < -0.3 is 10.4 Å². The molecular weight excluding hydrogens is 273 g/mol. The Hall–Kier alpha value is -2.21. The van der Waals surface area contributed by atoms with Crippen LogP contribution in [0.2, 0.25) is 0 Å². The first-order chi connectivity index (χ1) is 10.1. The van der Waals surface area contributed by atoms with Gasteiger partial charge in [0.05, 0.1) is 18.4 Å². The molecule has 2 aromatic rings. The summed E-state index contributed by atoms with van der Waals surface area (Å²) in [6.45, 7) is 0.537. The number of aromatic nitrogens is 2. The van der Waals surface area contributed by atoms with Gasteiger partial charge in [0.1, 0.15) is 11.5 Å². The van der Waals surface area contributed by atoms with E-state index in [9.17, 15) is 14.3 Å². The third-order valence-corrected chi connectivity index (χ3v) is 3.86. The standard InChI is InChI=1S/C15H16FN3O2/c16-12-3-1-2-4-13(12)19-8-11(7-18-19)14(21)17-9-15(10-20)5-6-15/h1-4,7-8,20H,5-6,9-10H2,(H,17,21). The van der Waals surface area contributed by atoms with Gasteiger partial charge in [0.15, 0.2) is 0 Å². The molecule has 1 aromatic carbocycles. The molecule has 21 heavy (non-hydrogen) atoms. The van der Waals surface area contributed by atoms with Crippen molar-refractivity contribution < 1.29 is 14.3 Å². The van der Waals surface area contributed by atoms with E-state index in [2.05, 4.69) is 10.4 Å². The second-order valence-electron chi connectivity index (χ2n) is 5.47. The molecule has 1 heterocycles. The zero-order valence-electron chi connectivity index (χ0n) is 11.4. The molecule has 6 heteroatoms. The van der Waals surface area contributed by atoms with Gasteiger partial charge in [-0.15, -0.1) is 0 Å². The van der Waals surface area contributed by atoms with E-state index in [1.807, 2.05) is 0 Å². The fourth-order valence-corrected chi connectivity index (χ4v) is 2.15. The first-order valence-electron chi connectivity index (χ1n) is 6.82. The molecule has 1 amide bonds. The molecule has 2 N–H and O–H groups in total. The summed E-state index contributed by atoms with van der Waals surface area (Å²) >= 11 is 0. The van der Waals surface area contributed by atoms with Crippen LogP contribution in [-0.2, 0) is 0 Å². The van der Waals surface area contributed by atoms with Gasteiger partial charge >= 0.3 is 0 Å². The lowest BCUT2D eigenvalue weighted by Crippen LogP contribution is -2.31. The van der Waals surface area contributed by atoms with Crippen LogP contribution in [0.15, 0.2) is 36.7 Å². The Kier molecular flexibility index (Phi) is 3.47. The summed E-state index contributed by atoms with van der Waals surface area (Å²) in [6, 6.07) is 6.24. The second kappa shape index (κ2) is 5.29. The molecular formula is C15H16FN3O2. The minimum atomic E-state index is -0.398. The summed E-state index contributed by atoms with van der Waals surface area (Å²) in [5.74, 6) is -0.665. The van der Waals surface area contributed by atoms with E-state index in [0.29, 0.717) is 17.8 Å². The van der Waals surface area contributed by atoms with E-state index in [1.54, 1.807) is 18.2 Å². The fraction of sp³-hybridized carbons (Fsp3) is 0.333. The molecule has 0 unspecified atom stereocenters. The summed E-state index contributed by atoms with van der Waals surface area (Å²) in [7, 11) is 0. The van der Waals surface area contributed by atoms with E-state index in [-0.39, 0.29) is 17.9 Å². The van der Waals surface area contributed by atoms with Crippen molar-refractivity contribution in [2.24, 2.45) is 5.41 Å². The molecule has 0 saturated heterocycles. The Balaban J connectivity index is 1.70. The number of nitrogens with zero attached hydrogens (tertiary/aromatic N) is 2. The molecule has 1 fully saturated rings. The summed E-state index contributed by atoms with van der Waals surface area (Å²) < 4.78 is 15.0. The summed E-state index contributed by atoms with van der Waals surface area (Å²) in [5.41, 5.74) is 0.523. The highest BCUT2D eigenvalue weighted by molar-refractivity contribution is 5.93. The van der Waals surface area contributed by atoms with Gasteiger partial charge in [-0.25, -0.2) is 9.07 Å². The third kappa shape index (κ3) is 2.80. The van der Waals surface area contributed by atoms with Gasteiger partial charge in [0, 0.05) is 18.2 Å². The van der Waals surface area contributed by atoms with Crippen molar-refractivity contribution in [3.05, 3.63) is 48.0 Å². The molecule has 1 aromatic heterocycles. The largest absolute Gasteiger partial charge is 0.396 e. The average molecular weight is 289 g/mol. The maximum atomic E-state index is 13.7. The number of para-hydroxylation sites is 1. The van der Waals surface area contributed by atoms with E-state index in [0.717, 1.165) is 12.8 Å². The van der Waals surface area contributed by atoms with Gasteiger partial charge in [0.25, 0.3) is 5.91 Å². The molecule has 0 radical (unpaired) electrons. The van der Waals surface area contributed by atoms with E-state index in [1.165, 1.54) is 23.1 Å². The quantitative estimate of drug-likeness (QED) is 0.877. The average Bonchev–Trinajstić information content (AvgIpc) is 3.12. The number of aliphatic hydroxyl groups excluding tert-OH is 1. The smallest absolute Gasteiger partial charge is 0.254 e. The normalized spacial score (nSPS) is 15.7. The highest BCUT2D eigenvalue weighted by Crippen LogP contribution is 2.44. The molecule has 1 saturated carbocycles. The number of hydrogen-bond acceptors (Lipinski definition) is 3. The Morgan fingerprint density at radius 3 is 2.86 bits per heavy atom. The van der Waals surface area contributed by atoms with Crippen LogP contribution in [0.4, 0.5) is 4.39 Å². The van der Waals surface area contributed by atoms with E-state index in [4.69, 9.17) is 0 Å². The number of carbonyl (C=O) groups is 1. The second-order valence-corrected chi connectivity index (χ2v) is 5.47. The lowest BCUT2D eigenvalue weighted by molar-refractivity contribution is 0.0935. The minimum absolute atomic E-state index is 0.0851. The van der Waals surface area contributed by atoms with Crippen molar-refractivity contribution in [3.8, 4) is 5.69 Å². The van der Waals surface area contributed by atoms with Crippen LogP contribution in [0.3, 0.4) is 0 Å². The van der Waals surface area contributed by atoms with Crippen molar-refractivity contribution in [2.45, 2.75) is 12.8 Å². The number of halogens is 1. The number of nitrogens with one attached hydrogen (secondary N) is 1. The first-order valence-corrected chi connectivity index (χ1v) is 6.82. The number of rotatable bonds is 5. The van der Waals surface area contributed by atoms with Crippen molar-refractivity contribution >= 4 is 5.91 Å². The molecule has 0 aliphatic heterocycles. The number of benzene rings is 1. The highest BCUT2D eigenvalue weighted by atomic mass is 19.1. The maximum absolute atomic E-state index is 13.7. The van der Waals surface area contributed by atoms with Gasteiger partial charge in [0.2, 0.25) is 0 Å². The van der Waals surface area contributed by atoms with Gasteiger partial charge in [-0.2, -0.15) is 5.10 Å². The van der Waals surface area contributed by atoms with Crippen LogP contribution < -0.4 is 5.32 Å². The van der Waals surface area contributed by atoms with Gasteiger partial charge in [-0.3, -0.25) is 4.79 Å². The number of aliphatic hydroxyl groups is 1. The summed E-state index contributed by atoms with van der Waals surface area (Å²) in [4.78, 5) is 12.0. The summed E-state index contributed by atoms with van der Waals surface area (Å²) in [5, 5.41) is 16.0. The Labute approximate surface area is 121 Å². The molecule has 1 aliphatic rings. The van der Waals surface area contributed by atoms with Gasteiger partial charge in [-0.05, 0) is 25.0 Å². The fourth-order valence-electron chi connectivity index (χ4n) is 2.15. The lowest BCUT2D eigenvalue weighted by Gasteiger charge is -2.11. The van der Waals surface area contributed by atoms with Gasteiger partial charge in [-0.1, -0.05) is 12.1 Å². The lowest BCUT2D eigenvalue weighted by atomic mass is 10.1. The third-order valence-electron chi connectivity index (χ3n) is 3.86. The monoisotopic (exact) mass is 289 g/mol. The van der Waals surface area contributed by atoms with Crippen molar-refractivity contribution in [1.82, 2.24) is 15.1 Å². The van der Waals surface area contributed by atoms with E-state index < -0.39 is 5.82 Å². The topological polar surface area (TPSA) is 67.2 Å². The zero-order chi connectivity index (χ0) is 14.9. The Bertz CT molecular complexity index is 664. The first kappa shape index (κ1) is 13.8. The molecule has 0 bridgehead atoms. The van der Waals surface area contributed by atoms with Crippen LogP contribution in [-0.4, -0.2) is 33.9 Å². The van der Waals surface area contributed by atoms with Crippen LogP contribution in [0.1, 0.15) is 23.2 Å². The molecule has 110 valence electrons. The Morgan fingerprint density at radius 2 is 2.19 bits per heavy atom. The number of carbonyl (C=O) groups excluding carboxylic acids is 1.